The van der Waals surface area contributed by atoms with Crippen LogP contribution in [0.2, 0.25) is 0 Å². The van der Waals surface area contributed by atoms with Gasteiger partial charge < -0.3 is 10.6 Å². The van der Waals surface area contributed by atoms with Crippen molar-refractivity contribution in [2.75, 3.05) is 7.05 Å². The van der Waals surface area contributed by atoms with Crippen molar-refractivity contribution < 1.29 is 0 Å². The summed E-state index contributed by atoms with van der Waals surface area (Å²) in [4.78, 5) is 14.6. The third-order valence-electron chi connectivity index (χ3n) is 4.01. The molecule has 7 nitrogen and oxygen atoms in total. The number of nitrogens with zero attached hydrogens (tertiary/aromatic N) is 5. The van der Waals surface area contributed by atoms with E-state index in [1.54, 1.807) is 18.4 Å². The number of nitrogens with one attached hydrogen (secondary N) is 2. The highest BCUT2D eigenvalue weighted by molar-refractivity contribution is 14.0. The SMILES string of the molecule is CN=C(NCc1nc(C)c(C)s1)NC1CCc2nc(C)nn2C1.I. The van der Waals surface area contributed by atoms with Crippen LogP contribution < -0.4 is 10.6 Å². The second-order valence-corrected chi connectivity index (χ2v) is 7.10. The smallest absolute Gasteiger partial charge is 0.191 e. The molecule has 3 rings (SSSR count). The van der Waals surface area contributed by atoms with Crippen LogP contribution in [0.4, 0.5) is 0 Å². The molecular formula is C15H24IN7S. The summed E-state index contributed by atoms with van der Waals surface area (Å²) < 4.78 is 2.00. The quantitative estimate of drug-likeness (QED) is 0.415. The average Bonchev–Trinajstić information content (AvgIpc) is 3.04. The largest absolute Gasteiger partial charge is 0.352 e. The summed E-state index contributed by atoms with van der Waals surface area (Å²) in [5.74, 6) is 2.73. The number of thiazole rings is 1. The molecule has 9 heteroatoms. The Morgan fingerprint density at radius 1 is 1.33 bits per heavy atom. The number of aliphatic imine (C=N–C) groups is 1. The maximum Gasteiger partial charge on any atom is 0.191 e. The van der Waals surface area contributed by atoms with Crippen LogP contribution in [-0.4, -0.2) is 38.8 Å². The predicted molar refractivity (Wildman–Crippen MR) is 107 cm³/mol. The summed E-state index contributed by atoms with van der Waals surface area (Å²) in [6.07, 6.45) is 1.98. The van der Waals surface area contributed by atoms with Gasteiger partial charge in [-0.15, -0.1) is 35.3 Å². The van der Waals surface area contributed by atoms with E-state index in [-0.39, 0.29) is 24.0 Å². The summed E-state index contributed by atoms with van der Waals surface area (Å²) in [7, 11) is 1.79. The lowest BCUT2D eigenvalue weighted by Gasteiger charge is -2.25. The zero-order valence-electron chi connectivity index (χ0n) is 14.5. The average molecular weight is 461 g/mol. The molecule has 2 aromatic rings. The first-order valence-electron chi connectivity index (χ1n) is 7.85. The van der Waals surface area contributed by atoms with Gasteiger partial charge in [-0.3, -0.25) is 4.99 Å². The molecule has 0 fully saturated rings. The van der Waals surface area contributed by atoms with Crippen molar-refractivity contribution in [2.45, 2.75) is 52.7 Å². The molecule has 0 radical (unpaired) electrons. The summed E-state index contributed by atoms with van der Waals surface area (Å²) in [6, 6.07) is 0.314. The molecule has 2 N–H and O–H groups in total. The van der Waals surface area contributed by atoms with Crippen molar-refractivity contribution in [3.8, 4) is 0 Å². The van der Waals surface area contributed by atoms with E-state index >= 15 is 0 Å². The van der Waals surface area contributed by atoms with Gasteiger partial charge in [0.05, 0.1) is 18.8 Å². The van der Waals surface area contributed by atoms with Gasteiger partial charge in [0.25, 0.3) is 0 Å². The number of hydrogen-bond acceptors (Lipinski definition) is 5. The first kappa shape index (κ1) is 19.1. The van der Waals surface area contributed by atoms with Gasteiger partial charge in [-0.05, 0) is 27.2 Å². The van der Waals surface area contributed by atoms with Crippen molar-refractivity contribution >= 4 is 41.3 Å². The molecule has 1 atom stereocenters. The molecule has 0 saturated heterocycles. The van der Waals surface area contributed by atoms with E-state index < -0.39 is 0 Å². The van der Waals surface area contributed by atoms with E-state index in [0.717, 1.165) is 47.7 Å². The molecule has 0 bridgehead atoms. The first-order valence-corrected chi connectivity index (χ1v) is 8.67. The molecule has 0 amide bonds. The fourth-order valence-electron chi connectivity index (χ4n) is 2.71. The van der Waals surface area contributed by atoms with Crippen molar-refractivity contribution in [2.24, 2.45) is 4.99 Å². The molecule has 0 aliphatic carbocycles. The summed E-state index contributed by atoms with van der Waals surface area (Å²) in [5, 5.41) is 12.3. The van der Waals surface area contributed by atoms with Gasteiger partial charge in [-0.1, -0.05) is 0 Å². The number of hydrogen-bond donors (Lipinski definition) is 2. The van der Waals surface area contributed by atoms with Crippen LogP contribution in [0.3, 0.4) is 0 Å². The van der Waals surface area contributed by atoms with Gasteiger partial charge in [-0.2, -0.15) is 5.10 Å². The highest BCUT2D eigenvalue weighted by Gasteiger charge is 2.21. The highest BCUT2D eigenvalue weighted by atomic mass is 127. The van der Waals surface area contributed by atoms with Crippen molar-refractivity contribution in [1.82, 2.24) is 30.4 Å². The highest BCUT2D eigenvalue weighted by Crippen LogP contribution is 2.16. The Labute approximate surface area is 163 Å². The van der Waals surface area contributed by atoms with Crippen LogP contribution >= 0.6 is 35.3 Å². The maximum absolute atomic E-state index is 4.55. The van der Waals surface area contributed by atoms with Crippen LogP contribution in [0.15, 0.2) is 4.99 Å². The van der Waals surface area contributed by atoms with Crippen molar-refractivity contribution in [3.63, 3.8) is 0 Å². The number of guanidine groups is 1. The van der Waals surface area contributed by atoms with E-state index in [0.29, 0.717) is 12.6 Å². The molecule has 24 heavy (non-hydrogen) atoms. The van der Waals surface area contributed by atoms with Gasteiger partial charge in [0.15, 0.2) is 5.96 Å². The molecule has 2 aromatic heterocycles. The first-order chi connectivity index (χ1) is 11.0. The number of aryl methyl sites for hydroxylation is 4. The lowest BCUT2D eigenvalue weighted by atomic mass is 10.1. The number of halogens is 1. The second-order valence-electron chi connectivity index (χ2n) is 5.81. The van der Waals surface area contributed by atoms with Gasteiger partial charge in [-0.25, -0.2) is 14.6 Å². The second kappa shape index (κ2) is 8.24. The minimum atomic E-state index is 0. The molecule has 1 aliphatic heterocycles. The van der Waals surface area contributed by atoms with E-state index in [2.05, 4.69) is 37.6 Å². The van der Waals surface area contributed by atoms with Crippen LogP contribution in [0.25, 0.3) is 0 Å². The molecule has 0 saturated carbocycles. The Kier molecular flexibility index (Phi) is 6.55. The standard InChI is InChI=1S/C15H23N7S.HI/c1-9-10(2)23-14(18-9)7-17-15(16-4)20-12-5-6-13-19-11(3)21-22(13)8-12;/h12H,5-8H2,1-4H3,(H2,16,17,20);1H. The van der Waals surface area contributed by atoms with Gasteiger partial charge in [0.1, 0.15) is 16.7 Å². The van der Waals surface area contributed by atoms with Gasteiger partial charge in [0.2, 0.25) is 0 Å². The predicted octanol–water partition coefficient (Wildman–Crippen LogP) is 1.96. The van der Waals surface area contributed by atoms with E-state index in [1.165, 1.54) is 4.88 Å². The summed E-state index contributed by atoms with van der Waals surface area (Å²) in [5.41, 5.74) is 1.11. The molecule has 132 valence electrons. The lowest BCUT2D eigenvalue weighted by molar-refractivity contribution is 0.392. The van der Waals surface area contributed by atoms with E-state index in [1.807, 2.05) is 18.5 Å². The van der Waals surface area contributed by atoms with E-state index in [4.69, 9.17) is 0 Å². The zero-order valence-corrected chi connectivity index (χ0v) is 17.6. The van der Waals surface area contributed by atoms with Crippen LogP contribution in [0, 0.1) is 20.8 Å². The molecule has 0 spiro atoms. The lowest BCUT2D eigenvalue weighted by Crippen LogP contribution is -2.46. The van der Waals surface area contributed by atoms with Gasteiger partial charge in [0, 0.05) is 24.4 Å². The molecule has 0 aromatic carbocycles. The summed E-state index contributed by atoms with van der Waals surface area (Å²) in [6.45, 7) is 7.60. The normalized spacial score (nSPS) is 17.2. The fourth-order valence-corrected chi connectivity index (χ4v) is 3.59. The number of aromatic nitrogens is 4. The molecule has 3 heterocycles. The topological polar surface area (TPSA) is 80.0 Å². The minimum Gasteiger partial charge on any atom is -0.352 e. The third-order valence-corrected chi connectivity index (χ3v) is 5.08. The zero-order chi connectivity index (χ0) is 16.4. The van der Waals surface area contributed by atoms with Crippen LogP contribution in [0.5, 0.6) is 0 Å². The number of rotatable bonds is 3. The monoisotopic (exact) mass is 461 g/mol. The Bertz CT molecular complexity index is 702. The fraction of sp³-hybridized carbons (Fsp3) is 0.600. The molecular weight excluding hydrogens is 437 g/mol. The minimum absolute atomic E-state index is 0. The van der Waals surface area contributed by atoms with Crippen LogP contribution in [-0.2, 0) is 19.5 Å². The number of fused-ring (bicyclic) bond motifs is 1. The van der Waals surface area contributed by atoms with E-state index in [9.17, 15) is 0 Å². The maximum atomic E-state index is 4.55. The van der Waals surface area contributed by atoms with Crippen molar-refractivity contribution in [1.29, 1.82) is 0 Å². The van der Waals surface area contributed by atoms with Crippen LogP contribution in [0.1, 0.15) is 33.6 Å². The third kappa shape index (κ3) is 4.44. The van der Waals surface area contributed by atoms with Gasteiger partial charge >= 0.3 is 0 Å². The Hall–Kier alpha value is -1.23. The Balaban J connectivity index is 0.00000208. The molecule has 1 unspecified atom stereocenters. The van der Waals surface area contributed by atoms with Crippen molar-refractivity contribution in [3.05, 3.63) is 27.2 Å². The Morgan fingerprint density at radius 3 is 2.79 bits per heavy atom. The summed E-state index contributed by atoms with van der Waals surface area (Å²) >= 11 is 1.73. The Morgan fingerprint density at radius 2 is 2.12 bits per heavy atom. The molecule has 1 aliphatic rings.